The smallest absolute Gasteiger partial charge is 0.255 e. The summed E-state index contributed by atoms with van der Waals surface area (Å²) < 4.78 is 33.1. The fourth-order valence-corrected chi connectivity index (χ4v) is 4.33. The highest BCUT2D eigenvalue weighted by Crippen LogP contribution is 2.20. The third kappa shape index (κ3) is 4.95. The highest BCUT2D eigenvalue weighted by Gasteiger charge is 2.26. The minimum absolute atomic E-state index is 0.0549. The van der Waals surface area contributed by atoms with Crippen LogP contribution in [0, 0.1) is 0 Å². The van der Waals surface area contributed by atoms with Crippen molar-refractivity contribution in [3.8, 4) is 0 Å². The number of likely N-dealkylation sites (N-methyl/N-ethyl adjacent to an activating group) is 1. The van der Waals surface area contributed by atoms with Crippen LogP contribution in [0.4, 0.5) is 5.69 Å². The van der Waals surface area contributed by atoms with Gasteiger partial charge in [-0.3, -0.25) is 4.79 Å². The Hall–Kier alpha value is -1.74. The number of amides is 1. The largest absolute Gasteiger partial charge is 0.377 e. The van der Waals surface area contributed by atoms with Crippen molar-refractivity contribution in [2.75, 3.05) is 25.5 Å². The third-order valence-corrected chi connectivity index (χ3v) is 6.78. The van der Waals surface area contributed by atoms with E-state index in [4.69, 9.17) is 4.74 Å². The van der Waals surface area contributed by atoms with Crippen molar-refractivity contribution in [3.05, 3.63) is 58.6 Å². The number of carbonyl (C=O) groups is 1. The predicted octanol–water partition coefficient (Wildman–Crippen LogP) is 3.50. The Morgan fingerprint density at radius 1 is 1.19 bits per heavy atom. The Morgan fingerprint density at radius 3 is 2.44 bits per heavy atom. The molecule has 1 fully saturated rings. The monoisotopic (exact) mass is 452 g/mol. The van der Waals surface area contributed by atoms with Gasteiger partial charge in [0.15, 0.2) is 0 Å². The number of nitrogens with zero attached hydrogens (tertiary/aromatic N) is 1. The summed E-state index contributed by atoms with van der Waals surface area (Å²) in [5.74, 6) is -0.297. The molecule has 2 aromatic rings. The Balaban J connectivity index is 1.68. The van der Waals surface area contributed by atoms with Gasteiger partial charge >= 0.3 is 0 Å². The zero-order valence-corrected chi connectivity index (χ0v) is 17.3. The van der Waals surface area contributed by atoms with E-state index >= 15 is 0 Å². The molecule has 0 aromatic heterocycles. The molecule has 0 aliphatic carbocycles. The van der Waals surface area contributed by atoms with Gasteiger partial charge in [0.2, 0.25) is 10.0 Å². The molecule has 0 bridgehead atoms. The zero-order valence-electron chi connectivity index (χ0n) is 14.9. The van der Waals surface area contributed by atoms with E-state index in [1.807, 2.05) is 12.1 Å². The van der Waals surface area contributed by atoms with Crippen molar-refractivity contribution >= 4 is 37.5 Å². The number of halogens is 1. The normalized spacial score (nSPS) is 17.2. The highest BCUT2D eigenvalue weighted by molar-refractivity contribution is 9.10. The lowest BCUT2D eigenvalue weighted by molar-refractivity contribution is 0.0979. The van der Waals surface area contributed by atoms with E-state index in [0.717, 1.165) is 17.3 Å². The van der Waals surface area contributed by atoms with Crippen LogP contribution in [0.25, 0.3) is 0 Å². The van der Waals surface area contributed by atoms with Crippen LogP contribution in [-0.2, 0) is 14.8 Å². The maximum atomic E-state index is 12.7. The fourth-order valence-electron chi connectivity index (χ4n) is 2.87. The average molecular weight is 453 g/mol. The van der Waals surface area contributed by atoms with E-state index in [2.05, 4.69) is 21.2 Å². The SMILES string of the molecule is CN(C[C@H]1CCCO1)S(=O)(=O)c1ccc(C(=O)Nc2ccc(Br)cc2)cc1. The lowest BCUT2D eigenvalue weighted by Crippen LogP contribution is -2.34. The molecule has 8 heteroatoms. The summed E-state index contributed by atoms with van der Waals surface area (Å²) >= 11 is 3.34. The van der Waals surface area contributed by atoms with Crippen LogP contribution in [0.1, 0.15) is 23.2 Å². The van der Waals surface area contributed by atoms with Crippen molar-refractivity contribution in [2.24, 2.45) is 0 Å². The summed E-state index contributed by atoms with van der Waals surface area (Å²) in [4.78, 5) is 12.5. The predicted molar refractivity (Wildman–Crippen MR) is 107 cm³/mol. The van der Waals surface area contributed by atoms with Crippen molar-refractivity contribution in [1.82, 2.24) is 4.31 Å². The number of ether oxygens (including phenoxy) is 1. The standard InChI is InChI=1S/C19H21BrN2O4S/c1-22(13-17-3-2-12-26-17)27(24,25)18-10-4-14(5-11-18)19(23)21-16-8-6-15(20)7-9-16/h4-11,17H,2-3,12-13H2,1H3,(H,21,23)/t17-/m1/s1. The number of hydrogen-bond donors (Lipinski definition) is 1. The molecular weight excluding hydrogens is 432 g/mol. The second-order valence-electron chi connectivity index (χ2n) is 6.41. The van der Waals surface area contributed by atoms with Crippen molar-refractivity contribution in [1.29, 1.82) is 0 Å². The minimum atomic E-state index is -3.62. The molecule has 6 nitrogen and oxygen atoms in total. The Morgan fingerprint density at radius 2 is 1.85 bits per heavy atom. The van der Waals surface area contributed by atoms with Crippen LogP contribution in [0.5, 0.6) is 0 Å². The summed E-state index contributed by atoms with van der Waals surface area (Å²) in [6.07, 6.45) is 1.77. The first-order valence-corrected chi connectivity index (χ1v) is 10.8. The number of carbonyl (C=O) groups excluding carboxylic acids is 1. The van der Waals surface area contributed by atoms with Gasteiger partial charge in [-0.1, -0.05) is 15.9 Å². The van der Waals surface area contributed by atoms with Gasteiger partial charge in [0.05, 0.1) is 11.0 Å². The first-order valence-electron chi connectivity index (χ1n) is 8.61. The van der Waals surface area contributed by atoms with Crippen LogP contribution < -0.4 is 5.32 Å². The summed E-state index contributed by atoms with van der Waals surface area (Å²) in [5, 5.41) is 2.78. The Labute approximate surface area is 167 Å². The van der Waals surface area contributed by atoms with Gasteiger partial charge in [-0.15, -0.1) is 0 Å². The maximum Gasteiger partial charge on any atom is 0.255 e. The molecule has 3 rings (SSSR count). The van der Waals surface area contributed by atoms with Crippen molar-refractivity contribution in [3.63, 3.8) is 0 Å². The number of rotatable bonds is 6. The molecule has 144 valence electrons. The molecule has 0 radical (unpaired) electrons. The van der Waals surface area contributed by atoms with Crippen LogP contribution in [0.3, 0.4) is 0 Å². The van der Waals surface area contributed by atoms with E-state index in [-0.39, 0.29) is 16.9 Å². The van der Waals surface area contributed by atoms with Crippen LogP contribution in [-0.4, -0.2) is 44.9 Å². The average Bonchev–Trinajstić information content (AvgIpc) is 3.16. The van der Waals surface area contributed by atoms with Gasteiger partial charge in [-0.2, -0.15) is 4.31 Å². The number of anilines is 1. The molecule has 1 atom stereocenters. The zero-order chi connectivity index (χ0) is 19.4. The van der Waals surface area contributed by atoms with Gasteiger partial charge in [0, 0.05) is 35.9 Å². The number of hydrogen-bond acceptors (Lipinski definition) is 4. The van der Waals surface area contributed by atoms with Crippen molar-refractivity contribution < 1.29 is 17.9 Å². The summed E-state index contributed by atoms with van der Waals surface area (Å²) in [7, 11) is -2.07. The first-order chi connectivity index (χ1) is 12.9. The molecule has 0 unspecified atom stereocenters. The first kappa shape index (κ1) is 20.0. The maximum absolute atomic E-state index is 12.7. The van der Waals surface area contributed by atoms with E-state index in [1.54, 1.807) is 19.2 Å². The van der Waals surface area contributed by atoms with Crippen LogP contribution in [0.15, 0.2) is 57.9 Å². The van der Waals surface area contributed by atoms with Crippen molar-refractivity contribution in [2.45, 2.75) is 23.8 Å². The van der Waals surface area contributed by atoms with E-state index < -0.39 is 10.0 Å². The van der Waals surface area contributed by atoms with Gasteiger partial charge in [-0.05, 0) is 61.4 Å². The molecule has 1 aliphatic heterocycles. The molecule has 1 N–H and O–H groups in total. The Bertz CT molecular complexity index is 892. The molecule has 2 aromatic carbocycles. The lowest BCUT2D eigenvalue weighted by Gasteiger charge is -2.20. The Kier molecular flexibility index (Phi) is 6.31. The quantitative estimate of drug-likeness (QED) is 0.727. The molecule has 1 aliphatic rings. The molecular formula is C19H21BrN2O4S. The summed E-state index contributed by atoms with van der Waals surface area (Å²) in [6.45, 7) is 1.01. The van der Waals surface area contributed by atoms with Gasteiger partial charge in [0.1, 0.15) is 0 Å². The number of nitrogens with one attached hydrogen (secondary N) is 1. The van der Waals surface area contributed by atoms with Gasteiger partial charge in [-0.25, -0.2) is 8.42 Å². The second-order valence-corrected chi connectivity index (χ2v) is 9.37. The fraction of sp³-hybridized carbons (Fsp3) is 0.316. The lowest BCUT2D eigenvalue weighted by atomic mass is 10.2. The molecule has 27 heavy (non-hydrogen) atoms. The minimum Gasteiger partial charge on any atom is -0.377 e. The van der Waals surface area contributed by atoms with E-state index in [0.29, 0.717) is 24.4 Å². The second kappa shape index (κ2) is 8.52. The third-order valence-electron chi connectivity index (χ3n) is 4.41. The van der Waals surface area contributed by atoms with Gasteiger partial charge < -0.3 is 10.1 Å². The summed E-state index contributed by atoms with van der Waals surface area (Å²) in [6, 6.07) is 13.2. The number of sulfonamides is 1. The molecule has 0 spiro atoms. The summed E-state index contributed by atoms with van der Waals surface area (Å²) in [5.41, 5.74) is 1.05. The molecule has 1 heterocycles. The topological polar surface area (TPSA) is 75.7 Å². The van der Waals surface area contributed by atoms with Crippen LogP contribution >= 0.6 is 15.9 Å². The van der Waals surface area contributed by atoms with E-state index in [9.17, 15) is 13.2 Å². The van der Waals surface area contributed by atoms with Crippen LogP contribution in [0.2, 0.25) is 0 Å². The van der Waals surface area contributed by atoms with E-state index in [1.165, 1.54) is 28.6 Å². The molecule has 1 saturated heterocycles. The molecule has 1 amide bonds. The highest BCUT2D eigenvalue weighted by atomic mass is 79.9. The molecule has 0 saturated carbocycles. The number of benzene rings is 2. The van der Waals surface area contributed by atoms with Gasteiger partial charge in [0.25, 0.3) is 5.91 Å².